The highest BCUT2D eigenvalue weighted by Crippen LogP contribution is 2.20. The van der Waals surface area contributed by atoms with Crippen molar-refractivity contribution in [2.75, 3.05) is 31.0 Å². The van der Waals surface area contributed by atoms with Crippen LogP contribution in [0.3, 0.4) is 0 Å². The predicted molar refractivity (Wildman–Crippen MR) is 118 cm³/mol. The van der Waals surface area contributed by atoms with Gasteiger partial charge in [-0.05, 0) is 50.2 Å². The maximum atomic E-state index is 12.7. The number of carbonyl (C=O) groups is 2. The van der Waals surface area contributed by atoms with Gasteiger partial charge in [-0.25, -0.2) is 4.79 Å². The molecule has 2 aromatic carbocycles. The van der Waals surface area contributed by atoms with E-state index in [1.165, 1.54) is 7.11 Å². The minimum Gasteiger partial charge on any atom is -0.489 e. The number of ether oxygens (including phenoxy) is 3. The summed E-state index contributed by atoms with van der Waals surface area (Å²) >= 11 is 0. The first-order valence-corrected chi connectivity index (χ1v) is 9.95. The molecule has 0 aliphatic carbocycles. The molecule has 0 aliphatic heterocycles. The molecular weight excluding hydrogens is 414 g/mol. The quantitative estimate of drug-likeness (QED) is 0.478. The Hall–Kier alpha value is -3.85. The van der Waals surface area contributed by atoms with Gasteiger partial charge < -0.3 is 24.1 Å². The van der Waals surface area contributed by atoms with E-state index in [-0.39, 0.29) is 12.5 Å². The number of aromatic nitrogens is 1. The zero-order valence-corrected chi connectivity index (χ0v) is 18.1. The van der Waals surface area contributed by atoms with E-state index in [1.807, 2.05) is 13.8 Å². The molecule has 3 aromatic rings. The Balaban J connectivity index is 1.60. The average Bonchev–Trinajstić information content (AvgIpc) is 3.10. The molecule has 0 aliphatic rings. The second kappa shape index (κ2) is 11.0. The van der Waals surface area contributed by atoms with Crippen LogP contribution < -0.4 is 15.4 Å². The summed E-state index contributed by atoms with van der Waals surface area (Å²) < 4.78 is 20.7. The van der Waals surface area contributed by atoms with E-state index < -0.39 is 6.09 Å². The predicted octanol–water partition coefficient (Wildman–Crippen LogP) is 4.32. The summed E-state index contributed by atoms with van der Waals surface area (Å²) in [7, 11) is 1.52. The van der Waals surface area contributed by atoms with Crippen molar-refractivity contribution in [3.63, 3.8) is 0 Å². The molecule has 0 unspecified atom stereocenters. The van der Waals surface area contributed by atoms with Crippen molar-refractivity contribution >= 4 is 23.4 Å². The van der Waals surface area contributed by atoms with Gasteiger partial charge in [0.1, 0.15) is 24.7 Å². The third kappa shape index (κ3) is 6.32. The van der Waals surface area contributed by atoms with Crippen LogP contribution in [-0.2, 0) is 16.1 Å². The van der Waals surface area contributed by atoms with Crippen molar-refractivity contribution in [3.05, 3.63) is 71.1 Å². The number of hydrogen-bond donors (Lipinski definition) is 2. The van der Waals surface area contributed by atoms with Crippen LogP contribution in [-0.4, -0.2) is 37.5 Å². The van der Waals surface area contributed by atoms with Gasteiger partial charge in [0.15, 0.2) is 0 Å². The zero-order chi connectivity index (χ0) is 22.9. The largest absolute Gasteiger partial charge is 0.489 e. The standard InChI is InChI=1S/C23H25N3O6/c1-15-21(16(2)32-26-15)14-31-20-9-4-6-17(12-20)22(27)24-18-7-5-8-19(13-18)25-23(28)30-11-10-29-3/h4-9,12-13H,10-11,14H2,1-3H3,(H,24,27)(H,25,28). The third-order valence-corrected chi connectivity index (χ3v) is 4.55. The first-order valence-electron chi connectivity index (χ1n) is 9.95. The van der Waals surface area contributed by atoms with E-state index in [4.69, 9.17) is 18.7 Å². The molecule has 1 heterocycles. The number of amides is 2. The molecule has 9 nitrogen and oxygen atoms in total. The normalized spacial score (nSPS) is 10.5. The highest BCUT2D eigenvalue weighted by Gasteiger charge is 2.12. The maximum Gasteiger partial charge on any atom is 0.411 e. The average molecular weight is 439 g/mol. The van der Waals surface area contributed by atoms with Gasteiger partial charge in [0, 0.05) is 24.0 Å². The minimum absolute atomic E-state index is 0.146. The Morgan fingerprint density at radius 1 is 1.00 bits per heavy atom. The Bertz CT molecular complexity index is 1060. The first-order chi connectivity index (χ1) is 15.5. The van der Waals surface area contributed by atoms with E-state index in [2.05, 4.69) is 15.8 Å². The molecule has 0 spiro atoms. The Kier molecular flexibility index (Phi) is 7.82. The number of anilines is 2. The topological polar surface area (TPSA) is 112 Å². The fourth-order valence-corrected chi connectivity index (χ4v) is 2.84. The molecule has 0 saturated heterocycles. The second-order valence-corrected chi connectivity index (χ2v) is 6.91. The van der Waals surface area contributed by atoms with Gasteiger partial charge in [0.25, 0.3) is 5.91 Å². The van der Waals surface area contributed by atoms with Crippen LogP contribution >= 0.6 is 0 Å². The van der Waals surface area contributed by atoms with E-state index in [0.717, 1.165) is 11.3 Å². The van der Waals surface area contributed by atoms with Gasteiger partial charge in [-0.15, -0.1) is 0 Å². The van der Waals surface area contributed by atoms with Crippen LogP contribution in [0.15, 0.2) is 53.1 Å². The summed E-state index contributed by atoms with van der Waals surface area (Å²) in [5.41, 5.74) is 3.09. The molecule has 0 radical (unpaired) electrons. The summed E-state index contributed by atoms with van der Waals surface area (Å²) in [6.07, 6.45) is -0.603. The second-order valence-electron chi connectivity index (χ2n) is 6.91. The summed E-state index contributed by atoms with van der Waals surface area (Å²) in [6.45, 7) is 4.42. The van der Waals surface area contributed by atoms with Crippen molar-refractivity contribution in [2.24, 2.45) is 0 Å². The van der Waals surface area contributed by atoms with Crippen molar-refractivity contribution in [2.45, 2.75) is 20.5 Å². The van der Waals surface area contributed by atoms with Crippen LogP contribution in [0.4, 0.5) is 16.2 Å². The molecule has 9 heteroatoms. The molecule has 2 N–H and O–H groups in total. The van der Waals surface area contributed by atoms with Gasteiger partial charge in [-0.1, -0.05) is 17.3 Å². The van der Waals surface area contributed by atoms with E-state index in [1.54, 1.807) is 48.5 Å². The number of nitrogens with zero attached hydrogens (tertiary/aromatic N) is 1. The van der Waals surface area contributed by atoms with E-state index in [9.17, 15) is 9.59 Å². The number of methoxy groups -OCH3 is 1. The van der Waals surface area contributed by atoms with E-state index in [0.29, 0.717) is 41.7 Å². The molecule has 3 rings (SSSR count). The molecule has 0 saturated carbocycles. The summed E-state index contributed by atoms with van der Waals surface area (Å²) in [4.78, 5) is 24.5. The first kappa shape index (κ1) is 22.8. The van der Waals surface area contributed by atoms with Crippen LogP contribution in [0.2, 0.25) is 0 Å². The van der Waals surface area contributed by atoms with Gasteiger partial charge in [-0.2, -0.15) is 0 Å². The lowest BCUT2D eigenvalue weighted by atomic mass is 10.2. The van der Waals surface area contributed by atoms with Crippen molar-refractivity contribution < 1.29 is 28.3 Å². The highest BCUT2D eigenvalue weighted by molar-refractivity contribution is 6.04. The molecule has 0 fully saturated rings. The molecule has 1 aromatic heterocycles. The molecule has 2 amide bonds. The fraction of sp³-hybridized carbons (Fsp3) is 0.261. The third-order valence-electron chi connectivity index (χ3n) is 4.55. The van der Waals surface area contributed by atoms with E-state index >= 15 is 0 Å². The summed E-state index contributed by atoms with van der Waals surface area (Å²) in [5, 5.41) is 9.32. The SMILES string of the molecule is COCCOC(=O)Nc1cccc(NC(=O)c2cccc(OCc3c(C)noc3C)c2)c1. The van der Waals surface area contributed by atoms with Crippen LogP contribution in [0, 0.1) is 13.8 Å². The lowest BCUT2D eigenvalue weighted by Gasteiger charge is -2.10. The van der Waals surface area contributed by atoms with Crippen molar-refractivity contribution in [3.8, 4) is 5.75 Å². The number of carbonyl (C=O) groups excluding carboxylic acids is 2. The van der Waals surface area contributed by atoms with Crippen molar-refractivity contribution in [1.29, 1.82) is 0 Å². The zero-order valence-electron chi connectivity index (χ0n) is 18.1. The van der Waals surface area contributed by atoms with Gasteiger partial charge >= 0.3 is 6.09 Å². The number of benzene rings is 2. The Morgan fingerprint density at radius 2 is 1.75 bits per heavy atom. The Morgan fingerprint density at radius 3 is 2.47 bits per heavy atom. The van der Waals surface area contributed by atoms with Crippen LogP contribution in [0.1, 0.15) is 27.4 Å². The lowest BCUT2D eigenvalue weighted by Crippen LogP contribution is -2.17. The van der Waals surface area contributed by atoms with Crippen LogP contribution in [0.5, 0.6) is 5.75 Å². The summed E-state index contributed by atoms with van der Waals surface area (Å²) in [5.74, 6) is 0.937. The van der Waals surface area contributed by atoms with Gasteiger partial charge in [0.2, 0.25) is 0 Å². The fourth-order valence-electron chi connectivity index (χ4n) is 2.84. The monoisotopic (exact) mass is 439 g/mol. The van der Waals surface area contributed by atoms with Gasteiger partial charge in [-0.3, -0.25) is 10.1 Å². The molecule has 0 bridgehead atoms. The molecule has 32 heavy (non-hydrogen) atoms. The lowest BCUT2D eigenvalue weighted by molar-refractivity contribution is 0.102. The maximum absolute atomic E-state index is 12.7. The molecule has 0 atom stereocenters. The summed E-state index contributed by atoms with van der Waals surface area (Å²) in [6, 6.07) is 13.6. The number of hydrogen-bond acceptors (Lipinski definition) is 7. The molecule has 168 valence electrons. The number of nitrogens with one attached hydrogen (secondary N) is 2. The highest BCUT2D eigenvalue weighted by atomic mass is 16.6. The number of aryl methyl sites for hydroxylation is 2. The van der Waals surface area contributed by atoms with Gasteiger partial charge in [0.05, 0.1) is 17.9 Å². The smallest absolute Gasteiger partial charge is 0.411 e. The molecular formula is C23H25N3O6. The van der Waals surface area contributed by atoms with Crippen LogP contribution in [0.25, 0.3) is 0 Å². The number of rotatable bonds is 9. The Labute approximate surface area is 185 Å². The minimum atomic E-state index is -0.603. The van der Waals surface area contributed by atoms with Crippen molar-refractivity contribution in [1.82, 2.24) is 5.16 Å².